The average Bonchev–Trinajstić information content (AvgIpc) is 3.03. The predicted octanol–water partition coefficient (Wildman–Crippen LogP) is 4.74. The highest BCUT2D eigenvalue weighted by Crippen LogP contribution is 2.44. The number of aromatic nitrogens is 1. The summed E-state index contributed by atoms with van der Waals surface area (Å²) >= 11 is 5.33. The molecule has 1 atom stereocenters. The van der Waals surface area contributed by atoms with Crippen molar-refractivity contribution >= 4 is 37.5 Å². The zero-order valence-corrected chi connectivity index (χ0v) is 14.2. The molecule has 5 heteroatoms. The van der Waals surface area contributed by atoms with Gasteiger partial charge in [0.2, 0.25) is 0 Å². The van der Waals surface area contributed by atoms with Gasteiger partial charge in [-0.3, -0.25) is 4.90 Å². The molecule has 0 bridgehead atoms. The lowest BCUT2D eigenvalue weighted by atomic mass is 9.79. The molecule has 112 valence electrons. The van der Waals surface area contributed by atoms with Crippen LogP contribution >= 0.6 is 27.3 Å². The van der Waals surface area contributed by atoms with Gasteiger partial charge in [-0.1, -0.05) is 15.9 Å². The number of rotatable bonds is 3. The molecule has 1 aliphatic heterocycles. The highest BCUT2D eigenvalue weighted by atomic mass is 79.9. The first-order chi connectivity index (χ1) is 10.2. The first kappa shape index (κ1) is 14.1. The molecule has 2 aromatic rings. The first-order valence-electron chi connectivity index (χ1n) is 7.62. The van der Waals surface area contributed by atoms with Crippen molar-refractivity contribution in [1.29, 1.82) is 0 Å². The Labute approximate surface area is 136 Å². The van der Waals surface area contributed by atoms with Crippen LogP contribution < -0.4 is 0 Å². The summed E-state index contributed by atoms with van der Waals surface area (Å²) in [5.41, 5.74) is 1.10. The molecule has 1 saturated carbocycles. The number of benzene rings is 1. The van der Waals surface area contributed by atoms with E-state index in [0.29, 0.717) is 12.0 Å². The summed E-state index contributed by atoms with van der Waals surface area (Å²) in [6, 6.07) is 7.03. The van der Waals surface area contributed by atoms with E-state index in [0.717, 1.165) is 42.2 Å². The summed E-state index contributed by atoms with van der Waals surface area (Å²) in [6.45, 7) is 0.898. The van der Waals surface area contributed by atoms with Crippen LogP contribution in [0, 0.1) is 0 Å². The molecule has 0 spiro atoms. The summed E-state index contributed by atoms with van der Waals surface area (Å²) < 4.78 is 15.4. The predicted molar refractivity (Wildman–Crippen MR) is 88.8 cm³/mol. The van der Waals surface area contributed by atoms with E-state index in [1.54, 1.807) is 0 Å². The second-order valence-electron chi connectivity index (χ2n) is 6.17. The highest BCUT2D eigenvalue weighted by Gasteiger charge is 2.40. The van der Waals surface area contributed by atoms with Crippen LogP contribution in [0.5, 0.6) is 0 Å². The lowest BCUT2D eigenvalue weighted by molar-refractivity contribution is 0.0845. The van der Waals surface area contributed by atoms with Crippen LogP contribution in [0.4, 0.5) is 4.39 Å². The summed E-state index contributed by atoms with van der Waals surface area (Å²) in [7, 11) is 0. The number of thiazole rings is 1. The fourth-order valence-corrected chi connectivity index (χ4v) is 5.30. The van der Waals surface area contributed by atoms with Gasteiger partial charge in [-0.15, -0.1) is 11.3 Å². The largest absolute Gasteiger partial charge is 0.295 e. The van der Waals surface area contributed by atoms with E-state index in [1.807, 2.05) is 17.4 Å². The van der Waals surface area contributed by atoms with Gasteiger partial charge >= 0.3 is 0 Å². The number of likely N-dealkylation sites (tertiary alicyclic amines) is 1. The van der Waals surface area contributed by atoms with Crippen molar-refractivity contribution in [3.63, 3.8) is 0 Å². The third-order valence-corrected chi connectivity index (χ3v) is 6.57. The van der Waals surface area contributed by atoms with Gasteiger partial charge in [0, 0.05) is 22.5 Å². The molecule has 4 rings (SSSR count). The summed E-state index contributed by atoms with van der Waals surface area (Å²) in [6.07, 6.45) is 4.49. The SMILES string of the molecule is FC[C@@H]1CCCN1C1CC(c2nc3ccc(Br)cc3s2)C1. The van der Waals surface area contributed by atoms with Crippen LogP contribution in [0.1, 0.15) is 36.6 Å². The van der Waals surface area contributed by atoms with Gasteiger partial charge in [0.25, 0.3) is 0 Å². The van der Waals surface area contributed by atoms with E-state index in [9.17, 15) is 4.39 Å². The van der Waals surface area contributed by atoms with Crippen molar-refractivity contribution < 1.29 is 4.39 Å². The third kappa shape index (κ3) is 2.53. The maximum Gasteiger partial charge on any atom is 0.105 e. The Morgan fingerprint density at radius 1 is 1.38 bits per heavy atom. The van der Waals surface area contributed by atoms with Crippen molar-refractivity contribution in [2.75, 3.05) is 13.2 Å². The molecule has 0 N–H and O–H groups in total. The van der Waals surface area contributed by atoms with Crippen molar-refractivity contribution in [3.05, 3.63) is 27.7 Å². The van der Waals surface area contributed by atoms with Gasteiger partial charge in [-0.25, -0.2) is 9.37 Å². The molecule has 2 aliphatic rings. The standard InChI is InChI=1S/C16H18BrFN2S/c17-11-3-4-14-15(8-11)21-16(19-14)10-6-13(7-10)20-5-1-2-12(20)9-18/h3-4,8,10,12-13H,1-2,5-7,9H2/t10?,12-,13?/m0/s1. The van der Waals surface area contributed by atoms with Crippen LogP contribution in [0.15, 0.2) is 22.7 Å². The van der Waals surface area contributed by atoms with Gasteiger partial charge in [-0.05, 0) is 50.4 Å². The molecule has 1 saturated heterocycles. The molecule has 2 nitrogen and oxygen atoms in total. The fourth-order valence-electron chi connectivity index (χ4n) is 3.66. The summed E-state index contributed by atoms with van der Waals surface area (Å²) in [5, 5.41) is 1.26. The zero-order valence-electron chi connectivity index (χ0n) is 11.8. The summed E-state index contributed by atoms with van der Waals surface area (Å²) in [5.74, 6) is 0.576. The molecular weight excluding hydrogens is 351 g/mol. The number of alkyl halides is 1. The minimum atomic E-state index is -0.184. The highest BCUT2D eigenvalue weighted by molar-refractivity contribution is 9.10. The molecule has 2 heterocycles. The smallest absolute Gasteiger partial charge is 0.105 e. The molecule has 0 amide bonds. The molecule has 21 heavy (non-hydrogen) atoms. The van der Waals surface area contributed by atoms with Crippen molar-refractivity contribution in [1.82, 2.24) is 9.88 Å². The zero-order chi connectivity index (χ0) is 14.4. The van der Waals surface area contributed by atoms with Crippen LogP contribution in [0.2, 0.25) is 0 Å². The average molecular weight is 369 g/mol. The topological polar surface area (TPSA) is 16.1 Å². The van der Waals surface area contributed by atoms with Crippen LogP contribution in [-0.4, -0.2) is 35.2 Å². The lowest BCUT2D eigenvalue weighted by Crippen LogP contribution is -2.46. The number of fused-ring (bicyclic) bond motifs is 1. The van der Waals surface area contributed by atoms with E-state index in [2.05, 4.69) is 33.0 Å². The van der Waals surface area contributed by atoms with Gasteiger partial charge < -0.3 is 0 Å². The fraction of sp³-hybridized carbons (Fsp3) is 0.562. The minimum absolute atomic E-state index is 0.183. The van der Waals surface area contributed by atoms with Crippen molar-refractivity contribution in [2.24, 2.45) is 0 Å². The second kappa shape index (κ2) is 5.60. The van der Waals surface area contributed by atoms with Gasteiger partial charge in [0.1, 0.15) is 6.67 Å². The second-order valence-corrected chi connectivity index (χ2v) is 8.15. The van der Waals surface area contributed by atoms with E-state index in [1.165, 1.54) is 9.71 Å². The van der Waals surface area contributed by atoms with Gasteiger partial charge in [-0.2, -0.15) is 0 Å². The van der Waals surface area contributed by atoms with Crippen molar-refractivity contribution in [2.45, 2.75) is 43.7 Å². The van der Waals surface area contributed by atoms with E-state index < -0.39 is 0 Å². The van der Waals surface area contributed by atoms with Crippen LogP contribution in [0.25, 0.3) is 10.2 Å². The third-order valence-electron chi connectivity index (χ3n) is 4.90. The Morgan fingerprint density at radius 3 is 3.05 bits per heavy atom. The Morgan fingerprint density at radius 2 is 2.24 bits per heavy atom. The molecule has 0 unspecified atom stereocenters. The summed E-state index contributed by atoms with van der Waals surface area (Å²) in [4.78, 5) is 7.18. The van der Waals surface area contributed by atoms with Crippen molar-refractivity contribution in [3.8, 4) is 0 Å². The molecule has 2 fully saturated rings. The maximum absolute atomic E-state index is 13.0. The van der Waals surface area contributed by atoms with Crippen LogP contribution in [-0.2, 0) is 0 Å². The molecule has 1 aromatic carbocycles. The monoisotopic (exact) mass is 368 g/mol. The minimum Gasteiger partial charge on any atom is -0.295 e. The molecular formula is C16H18BrFN2S. The first-order valence-corrected chi connectivity index (χ1v) is 9.23. The number of hydrogen-bond donors (Lipinski definition) is 0. The van der Waals surface area contributed by atoms with E-state index in [-0.39, 0.29) is 12.7 Å². The van der Waals surface area contributed by atoms with Crippen LogP contribution in [0.3, 0.4) is 0 Å². The number of hydrogen-bond acceptors (Lipinski definition) is 3. The Hall–Kier alpha value is -0.520. The number of halogens is 2. The number of nitrogens with zero attached hydrogens (tertiary/aromatic N) is 2. The van der Waals surface area contributed by atoms with E-state index >= 15 is 0 Å². The molecule has 1 aromatic heterocycles. The Bertz CT molecular complexity index is 653. The van der Waals surface area contributed by atoms with Gasteiger partial charge in [0.05, 0.1) is 15.2 Å². The normalized spacial score (nSPS) is 29.9. The van der Waals surface area contributed by atoms with Gasteiger partial charge in [0.15, 0.2) is 0 Å². The van der Waals surface area contributed by atoms with E-state index in [4.69, 9.17) is 4.98 Å². The Balaban J connectivity index is 1.46. The Kier molecular flexibility index (Phi) is 3.76. The maximum atomic E-state index is 13.0. The molecule has 0 radical (unpaired) electrons. The molecule has 1 aliphatic carbocycles. The quantitative estimate of drug-likeness (QED) is 0.777. The lowest BCUT2D eigenvalue weighted by Gasteiger charge is -2.42.